The highest BCUT2D eigenvalue weighted by molar-refractivity contribution is 5.70. The number of halogens is 3. The molecule has 1 aromatic carbocycles. The van der Waals surface area contributed by atoms with E-state index in [-0.39, 0.29) is 17.4 Å². The van der Waals surface area contributed by atoms with E-state index in [1.54, 1.807) is 6.07 Å². The van der Waals surface area contributed by atoms with Crippen LogP contribution in [0.5, 0.6) is 0 Å². The van der Waals surface area contributed by atoms with Gasteiger partial charge in [0.15, 0.2) is 17.5 Å². The van der Waals surface area contributed by atoms with E-state index in [1.165, 1.54) is 6.33 Å². The maximum atomic E-state index is 13.7. The summed E-state index contributed by atoms with van der Waals surface area (Å²) in [5, 5.41) is 11.6. The summed E-state index contributed by atoms with van der Waals surface area (Å²) in [6, 6.07) is 3.44. The number of aromatic nitrogens is 2. The SMILES string of the molecule is O=C(O)C1CCN(c2cc(Nc3ccc(F)c(F)c3F)ncn2)CC1. The monoisotopic (exact) mass is 352 g/mol. The number of benzene rings is 1. The molecular weight excluding hydrogens is 337 g/mol. The van der Waals surface area contributed by atoms with Gasteiger partial charge in [-0.05, 0) is 25.0 Å². The molecule has 1 saturated heterocycles. The predicted octanol–water partition coefficient (Wildman–Crippen LogP) is 2.94. The lowest BCUT2D eigenvalue weighted by atomic mass is 9.97. The van der Waals surface area contributed by atoms with Crippen LogP contribution in [0.3, 0.4) is 0 Å². The van der Waals surface area contributed by atoms with Gasteiger partial charge in [0, 0.05) is 19.2 Å². The third-order valence-corrected chi connectivity index (χ3v) is 4.12. The lowest BCUT2D eigenvalue weighted by molar-refractivity contribution is -0.142. The van der Waals surface area contributed by atoms with Gasteiger partial charge in [-0.3, -0.25) is 4.79 Å². The number of anilines is 3. The van der Waals surface area contributed by atoms with Crippen molar-refractivity contribution in [3.63, 3.8) is 0 Å². The van der Waals surface area contributed by atoms with E-state index >= 15 is 0 Å². The molecule has 2 aromatic rings. The molecule has 0 unspecified atom stereocenters. The van der Waals surface area contributed by atoms with Gasteiger partial charge in [-0.1, -0.05) is 0 Å². The highest BCUT2D eigenvalue weighted by atomic mass is 19.2. The number of hydrogen-bond acceptors (Lipinski definition) is 5. The first-order valence-electron chi connectivity index (χ1n) is 7.66. The van der Waals surface area contributed by atoms with E-state index in [0.717, 1.165) is 12.1 Å². The van der Waals surface area contributed by atoms with Crippen LogP contribution < -0.4 is 10.2 Å². The Morgan fingerprint density at radius 3 is 2.56 bits per heavy atom. The van der Waals surface area contributed by atoms with E-state index in [0.29, 0.717) is 31.7 Å². The van der Waals surface area contributed by atoms with Crippen LogP contribution in [0.1, 0.15) is 12.8 Å². The lowest BCUT2D eigenvalue weighted by Crippen LogP contribution is -2.36. The van der Waals surface area contributed by atoms with Crippen LogP contribution in [0.25, 0.3) is 0 Å². The zero-order valence-corrected chi connectivity index (χ0v) is 13.0. The van der Waals surface area contributed by atoms with Crippen molar-refractivity contribution in [2.24, 2.45) is 5.92 Å². The topological polar surface area (TPSA) is 78.4 Å². The molecule has 0 amide bonds. The number of rotatable bonds is 4. The lowest BCUT2D eigenvalue weighted by Gasteiger charge is -2.31. The molecule has 1 aromatic heterocycles. The molecule has 132 valence electrons. The summed E-state index contributed by atoms with van der Waals surface area (Å²) in [7, 11) is 0. The summed E-state index contributed by atoms with van der Waals surface area (Å²) in [4.78, 5) is 21.0. The van der Waals surface area contributed by atoms with Gasteiger partial charge < -0.3 is 15.3 Å². The molecule has 2 heterocycles. The quantitative estimate of drug-likeness (QED) is 0.824. The summed E-state index contributed by atoms with van der Waals surface area (Å²) >= 11 is 0. The number of nitrogens with one attached hydrogen (secondary N) is 1. The van der Waals surface area contributed by atoms with E-state index in [2.05, 4.69) is 15.3 Å². The number of piperidine rings is 1. The fraction of sp³-hybridized carbons (Fsp3) is 0.312. The number of nitrogens with zero attached hydrogens (tertiary/aromatic N) is 3. The van der Waals surface area contributed by atoms with Crippen LogP contribution in [-0.4, -0.2) is 34.1 Å². The number of carbonyl (C=O) groups is 1. The van der Waals surface area contributed by atoms with Crippen LogP contribution in [0.4, 0.5) is 30.5 Å². The molecule has 1 aliphatic rings. The first-order chi connectivity index (χ1) is 12.0. The van der Waals surface area contributed by atoms with Gasteiger partial charge in [0.25, 0.3) is 0 Å². The van der Waals surface area contributed by atoms with Crippen LogP contribution in [-0.2, 0) is 4.79 Å². The summed E-state index contributed by atoms with van der Waals surface area (Å²) in [5.74, 6) is -4.57. The van der Waals surface area contributed by atoms with E-state index in [4.69, 9.17) is 5.11 Å². The standard InChI is InChI=1S/C16H15F3N4O2/c17-10-1-2-11(15(19)14(10)18)22-12-7-13(21-8-20-12)23-5-3-9(4-6-23)16(24)25/h1-2,7-9H,3-6H2,(H,24,25)(H,20,21,22). The Morgan fingerprint density at radius 2 is 1.88 bits per heavy atom. The van der Waals surface area contributed by atoms with Crippen molar-refractivity contribution in [3.05, 3.63) is 42.0 Å². The van der Waals surface area contributed by atoms with E-state index in [1.807, 2.05) is 4.90 Å². The Bertz CT molecular complexity index is 795. The van der Waals surface area contributed by atoms with Gasteiger partial charge in [0.1, 0.15) is 18.0 Å². The average molecular weight is 352 g/mol. The smallest absolute Gasteiger partial charge is 0.306 e. The van der Waals surface area contributed by atoms with Gasteiger partial charge in [-0.15, -0.1) is 0 Å². The minimum atomic E-state index is -1.56. The van der Waals surface area contributed by atoms with Crippen LogP contribution in [0, 0.1) is 23.4 Å². The van der Waals surface area contributed by atoms with Crippen LogP contribution >= 0.6 is 0 Å². The molecule has 1 aliphatic heterocycles. The van der Waals surface area contributed by atoms with Crippen LogP contribution in [0.2, 0.25) is 0 Å². The molecule has 6 nitrogen and oxygen atoms in total. The second kappa shape index (κ2) is 6.96. The fourth-order valence-electron chi connectivity index (χ4n) is 2.70. The van der Waals surface area contributed by atoms with Gasteiger partial charge in [0.2, 0.25) is 0 Å². The Hall–Kier alpha value is -2.84. The zero-order valence-electron chi connectivity index (χ0n) is 13.0. The minimum absolute atomic E-state index is 0.218. The van der Waals surface area contributed by atoms with E-state index < -0.39 is 23.4 Å². The summed E-state index contributed by atoms with van der Waals surface area (Å²) in [6.07, 6.45) is 2.26. The maximum Gasteiger partial charge on any atom is 0.306 e. The third kappa shape index (κ3) is 3.65. The van der Waals surface area contributed by atoms with E-state index in [9.17, 15) is 18.0 Å². The summed E-state index contributed by atoms with van der Waals surface area (Å²) < 4.78 is 40.0. The molecule has 2 N–H and O–H groups in total. The molecule has 0 spiro atoms. The molecule has 0 bridgehead atoms. The van der Waals surface area contributed by atoms with Crippen molar-refractivity contribution in [3.8, 4) is 0 Å². The fourth-order valence-corrected chi connectivity index (χ4v) is 2.70. The Balaban J connectivity index is 1.74. The normalized spacial score (nSPS) is 15.2. The van der Waals surface area contributed by atoms with Gasteiger partial charge in [-0.2, -0.15) is 0 Å². The molecule has 9 heteroatoms. The second-order valence-electron chi connectivity index (χ2n) is 5.71. The highest BCUT2D eigenvalue weighted by Crippen LogP contribution is 2.26. The molecule has 0 atom stereocenters. The number of hydrogen-bond donors (Lipinski definition) is 2. The number of aliphatic carboxylic acids is 1. The predicted molar refractivity (Wildman–Crippen MR) is 84.2 cm³/mol. The number of carboxylic acids is 1. The Labute approximate surface area is 141 Å². The first kappa shape index (κ1) is 17.0. The van der Waals surface area contributed by atoms with Crippen molar-refractivity contribution in [1.82, 2.24) is 9.97 Å². The van der Waals surface area contributed by atoms with Crippen molar-refractivity contribution >= 4 is 23.3 Å². The molecule has 0 saturated carbocycles. The largest absolute Gasteiger partial charge is 0.481 e. The van der Waals surface area contributed by atoms with Crippen molar-refractivity contribution in [1.29, 1.82) is 0 Å². The first-order valence-corrected chi connectivity index (χ1v) is 7.66. The average Bonchev–Trinajstić information content (AvgIpc) is 2.62. The molecule has 0 radical (unpaired) electrons. The number of carboxylic acid groups (broad SMARTS) is 1. The van der Waals surface area contributed by atoms with Crippen LogP contribution in [0.15, 0.2) is 24.5 Å². The molecule has 3 rings (SSSR count). The van der Waals surface area contributed by atoms with Crippen molar-refractivity contribution in [2.45, 2.75) is 12.8 Å². The molecule has 0 aliphatic carbocycles. The Kier molecular flexibility index (Phi) is 4.73. The van der Waals surface area contributed by atoms with Gasteiger partial charge in [0.05, 0.1) is 11.6 Å². The summed E-state index contributed by atoms with van der Waals surface area (Å²) in [6.45, 7) is 1.04. The molecular formula is C16H15F3N4O2. The third-order valence-electron chi connectivity index (χ3n) is 4.12. The van der Waals surface area contributed by atoms with Crippen molar-refractivity contribution < 1.29 is 23.1 Å². The van der Waals surface area contributed by atoms with Gasteiger partial charge >= 0.3 is 5.97 Å². The minimum Gasteiger partial charge on any atom is -0.481 e. The van der Waals surface area contributed by atoms with Gasteiger partial charge in [-0.25, -0.2) is 23.1 Å². The molecule has 25 heavy (non-hydrogen) atoms. The highest BCUT2D eigenvalue weighted by Gasteiger charge is 2.25. The maximum absolute atomic E-state index is 13.7. The van der Waals surface area contributed by atoms with Crippen molar-refractivity contribution in [2.75, 3.05) is 23.3 Å². The molecule has 1 fully saturated rings. The Morgan fingerprint density at radius 1 is 1.16 bits per heavy atom. The summed E-state index contributed by atoms with van der Waals surface area (Å²) in [5.41, 5.74) is -0.242. The zero-order chi connectivity index (χ0) is 18.0. The second-order valence-corrected chi connectivity index (χ2v) is 5.71.